The van der Waals surface area contributed by atoms with Crippen LogP contribution in [0.15, 0.2) is 52.5 Å². The zero-order valence-electron chi connectivity index (χ0n) is 11.2. The van der Waals surface area contributed by atoms with Crippen LogP contribution in [0.3, 0.4) is 0 Å². The van der Waals surface area contributed by atoms with Gasteiger partial charge in [-0.25, -0.2) is 4.99 Å². The number of thioether (sulfide) groups is 1. The van der Waals surface area contributed by atoms with E-state index in [0.717, 1.165) is 15.0 Å². The fraction of sp³-hybridized carbons (Fsp3) is 0.0667. The van der Waals surface area contributed by atoms with Gasteiger partial charge in [-0.3, -0.25) is 4.79 Å². The van der Waals surface area contributed by atoms with E-state index in [4.69, 9.17) is 0 Å². The first-order valence-corrected chi connectivity index (χ1v) is 8.18. The summed E-state index contributed by atoms with van der Waals surface area (Å²) < 4.78 is 3.12. The lowest BCUT2D eigenvalue weighted by atomic mass is 10.3. The first-order chi connectivity index (χ1) is 10.1. The molecule has 1 aliphatic rings. The molecule has 6 heteroatoms. The Morgan fingerprint density at radius 1 is 1.29 bits per heavy atom. The van der Waals surface area contributed by atoms with Crippen LogP contribution in [0.2, 0.25) is 0 Å². The van der Waals surface area contributed by atoms with Crippen LogP contribution in [-0.4, -0.2) is 15.6 Å². The van der Waals surface area contributed by atoms with Crippen molar-refractivity contribution in [2.24, 2.45) is 12.0 Å². The minimum absolute atomic E-state index is 0.106. The fourth-order valence-electron chi connectivity index (χ4n) is 1.87. The summed E-state index contributed by atoms with van der Waals surface area (Å²) in [6, 6.07) is 11.8. The van der Waals surface area contributed by atoms with Crippen LogP contribution in [0.5, 0.6) is 0 Å². The maximum absolute atomic E-state index is 12.0. The number of aromatic nitrogens is 1. The van der Waals surface area contributed by atoms with Gasteiger partial charge in [-0.1, -0.05) is 0 Å². The third-order valence-corrected chi connectivity index (χ3v) is 4.60. The summed E-state index contributed by atoms with van der Waals surface area (Å²) >= 11 is 3.61. The Hall–Kier alpha value is -1.54. The van der Waals surface area contributed by atoms with Gasteiger partial charge in [-0.15, -0.1) is 0 Å². The molecule has 0 aliphatic carbocycles. The molecule has 0 bridgehead atoms. The normalized spacial score (nSPS) is 18.5. The summed E-state index contributed by atoms with van der Waals surface area (Å²) in [7, 11) is 1.95. The van der Waals surface area contributed by atoms with E-state index in [1.807, 2.05) is 60.3 Å². The number of amidine groups is 1. The smallest absolute Gasteiger partial charge is 0.264 e. The molecule has 0 atom stereocenters. The highest BCUT2D eigenvalue weighted by molar-refractivity contribution is 14.1. The van der Waals surface area contributed by atoms with Gasteiger partial charge >= 0.3 is 0 Å². The number of rotatable bonds is 2. The van der Waals surface area contributed by atoms with Crippen molar-refractivity contribution in [2.75, 3.05) is 0 Å². The average Bonchev–Trinajstić information content (AvgIpc) is 3.00. The van der Waals surface area contributed by atoms with Gasteiger partial charge in [-0.2, -0.15) is 0 Å². The molecule has 1 saturated heterocycles. The van der Waals surface area contributed by atoms with Gasteiger partial charge in [0.05, 0.1) is 10.6 Å². The Kier molecular flexibility index (Phi) is 4.16. The molecule has 0 unspecified atom stereocenters. The van der Waals surface area contributed by atoms with Gasteiger partial charge in [0.1, 0.15) is 0 Å². The highest BCUT2D eigenvalue weighted by Gasteiger charge is 2.24. The Balaban J connectivity index is 1.83. The summed E-state index contributed by atoms with van der Waals surface area (Å²) in [5.74, 6) is -0.106. The minimum atomic E-state index is -0.106. The topological polar surface area (TPSA) is 46.4 Å². The molecule has 0 radical (unpaired) electrons. The van der Waals surface area contributed by atoms with Gasteiger partial charge in [0, 0.05) is 22.5 Å². The molecule has 1 fully saturated rings. The molecule has 106 valence electrons. The van der Waals surface area contributed by atoms with Gasteiger partial charge < -0.3 is 9.88 Å². The maximum Gasteiger partial charge on any atom is 0.264 e. The monoisotopic (exact) mass is 409 g/mol. The number of hydrogen-bond acceptors (Lipinski definition) is 3. The van der Waals surface area contributed by atoms with Gasteiger partial charge in [0.2, 0.25) is 0 Å². The largest absolute Gasteiger partial charge is 0.351 e. The second kappa shape index (κ2) is 6.07. The first-order valence-electron chi connectivity index (χ1n) is 6.28. The summed E-state index contributed by atoms with van der Waals surface area (Å²) in [5, 5.41) is 3.41. The lowest BCUT2D eigenvalue weighted by molar-refractivity contribution is -0.115. The van der Waals surface area contributed by atoms with Crippen molar-refractivity contribution in [1.82, 2.24) is 9.88 Å². The van der Waals surface area contributed by atoms with E-state index >= 15 is 0 Å². The van der Waals surface area contributed by atoms with Crippen molar-refractivity contribution in [3.63, 3.8) is 0 Å². The molecule has 4 nitrogen and oxygen atoms in total. The predicted molar refractivity (Wildman–Crippen MR) is 95.4 cm³/mol. The number of nitrogens with zero attached hydrogens (tertiary/aromatic N) is 2. The van der Waals surface area contributed by atoms with Crippen LogP contribution >= 0.6 is 34.4 Å². The van der Waals surface area contributed by atoms with Crippen LogP contribution in [0.1, 0.15) is 5.69 Å². The summed E-state index contributed by atoms with van der Waals surface area (Å²) in [4.78, 5) is 17.1. The summed E-state index contributed by atoms with van der Waals surface area (Å²) in [6.07, 6.45) is 3.82. The molecule has 1 amide bonds. The van der Waals surface area contributed by atoms with E-state index in [2.05, 4.69) is 32.9 Å². The minimum Gasteiger partial charge on any atom is -0.351 e. The van der Waals surface area contributed by atoms with Crippen molar-refractivity contribution in [3.05, 3.63) is 56.8 Å². The maximum atomic E-state index is 12.0. The predicted octanol–water partition coefficient (Wildman–Crippen LogP) is 3.52. The number of hydrogen-bond donors (Lipinski definition) is 1. The highest BCUT2D eigenvalue weighted by atomic mass is 127. The summed E-state index contributed by atoms with van der Waals surface area (Å²) in [6.45, 7) is 0. The molecule has 1 aromatic heterocycles. The number of aliphatic imine (C=N–C) groups is 1. The molecule has 21 heavy (non-hydrogen) atoms. The standard InChI is InChI=1S/C15H12IN3OS/c1-19-8-2-3-12(19)9-13-14(20)18-15(21-13)17-11-6-4-10(16)5-7-11/h2-9H,1H3,(H,17,18,20)/b13-9+. The zero-order chi connectivity index (χ0) is 14.8. The number of aryl methyl sites for hydroxylation is 1. The van der Waals surface area contributed by atoms with E-state index in [0.29, 0.717) is 10.1 Å². The van der Waals surface area contributed by atoms with Gasteiger partial charge in [0.25, 0.3) is 5.91 Å². The Morgan fingerprint density at radius 3 is 2.71 bits per heavy atom. The Morgan fingerprint density at radius 2 is 2.05 bits per heavy atom. The van der Waals surface area contributed by atoms with Gasteiger partial charge in [-0.05, 0) is 76.8 Å². The number of carbonyl (C=O) groups is 1. The van der Waals surface area contributed by atoms with E-state index in [1.165, 1.54) is 11.8 Å². The molecule has 1 aliphatic heterocycles. The van der Waals surface area contributed by atoms with Crippen LogP contribution in [-0.2, 0) is 11.8 Å². The van der Waals surface area contributed by atoms with E-state index in [-0.39, 0.29) is 5.91 Å². The summed E-state index contributed by atoms with van der Waals surface area (Å²) in [5.41, 5.74) is 1.82. The second-order valence-corrected chi connectivity index (χ2v) is 6.78. The van der Waals surface area contributed by atoms with Crippen molar-refractivity contribution >= 4 is 57.2 Å². The molecule has 0 saturated carbocycles. The van der Waals surface area contributed by atoms with Crippen molar-refractivity contribution in [3.8, 4) is 0 Å². The van der Waals surface area contributed by atoms with Crippen LogP contribution < -0.4 is 5.32 Å². The quantitative estimate of drug-likeness (QED) is 0.610. The SMILES string of the molecule is Cn1cccc1/C=C1/SC(=Nc2ccc(I)cc2)NC1=O. The lowest BCUT2D eigenvalue weighted by Crippen LogP contribution is -2.19. The van der Waals surface area contributed by atoms with Gasteiger partial charge in [0.15, 0.2) is 5.17 Å². The lowest BCUT2D eigenvalue weighted by Gasteiger charge is -1.97. The number of nitrogens with one attached hydrogen (secondary N) is 1. The first kappa shape index (κ1) is 14.4. The molecule has 3 rings (SSSR count). The molecule has 0 spiro atoms. The van der Waals surface area contributed by atoms with Crippen molar-refractivity contribution in [2.45, 2.75) is 0 Å². The number of amides is 1. The van der Waals surface area contributed by atoms with Crippen LogP contribution in [0.4, 0.5) is 5.69 Å². The molecular formula is C15H12IN3OS. The van der Waals surface area contributed by atoms with Crippen molar-refractivity contribution in [1.29, 1.82) is 0 Å². The highest BCUT2D eigenvalue weighted by Crippen LogP contribution is 2.28. The van der Waals surface area contributed by atoms with E-state index in [1.54, 1.807) is 0 Å². The molecular weight excluding hydrogens is 397 g/mol. The third kappa shape index (κ3) is 3.38. The Labute approximate surface area is 140 Å². The van der Waals surface area contributed by atoms with Crippen LogP contribution in [0, 0.1) is 3.57 Å². The van der Waals surface area contributed by atoms with E-state index < -0.39 is 0 Å². The second-order valence-electron chi connectivity index (χ2n) is 4.50. The Bertz CT molecular complexity index is 747. The fourth-order valence-corrected chi connectivity index (χ4v) is 3.06. The molecule has 1 N–H and O–H groups in total. The number of benzene rings is 1. The zero-order valence-corrected chi connectivity index (χ0v) is 14.2. The van der Waals surface area contributed by atoms with Crippen molar-refractivity contribution < 1.29 is 4.79 Å². The molecule has 1 aromatic carbocycles. The number of carbonyl (C=O) groups excluding carboxylic acids is 1. The van der Waals surface area contributed by atoms with Crippen LogP contribution in [0.25, 0.3) is 6.08 Å². The van der Waals surface area contributed by atoms with E-state index in [9.17, 15) is 4.79 Å². The third-order valence-electron chi connectivity index (χ3n) is 2.97. The molecule has 2 aromatic rings. The molecule has 2 heterocycles. The average molecular weight is 409 g/mol. The number of halogens is 1.